The molecule has 44 heavy (non-hydrogen) atoms. The molecular weight excluding hydrogens is 546 g/mol. The lowest BCUT2D eigenvalue weighted by Gasteiger charge is -2.25. The monoisotopic (exact) mass is 624 g/mol. The van der Waals surface area contributed by atoms with E-state index in [0.29, 0.717) is 18.9 Å². The number of hydrogen-bond acceptors (Lipinski definition) is 5. The Morgan fingerprint density at radius 1 is 0.682 bits per heavy atom. The molecule has 1 heterocycles. The van der Waals surface area contributed by atoms with Gasteiger partial charge >= 0.3 is 5.97 Å². The van der Waals surface area contributed by atoms with Gasteiger partial charge in [0.25, 0.3) is 0 Å². The van der Waals surface area contributed by atoms with Crippen LogP contribution in [0, 0.1) is 11.8 Å². The number of esters is 1. The Labute approximate surface area is 275 Å². The van der Waals surface area contributed by atoms with E-state index < -0.39 is 0 Å². The number of likely N-dealkylation sites (tertiary alicyclic amines) is 1. The Kier molecular flexibility index (Phi) is 34.2. The molecule has 0 aromatic carbocycles. The molecule has 0 aromatic heterocycles. The van der Waals surface area contributed by atoms with E-state index in [2.05, 4.69) is 25.8 Å². The average Bonchev–Trinajstić information content (AvgIpc) is 3.03. The number of unbranched alkanes of at least 4 members (excludes halogenated alkanes) is 19. The standard InChI is InChI=1S/C32H64O3.C7H13NO/c1-4-6-8-10-12-14-18-22-26-31(30-34-3)27-23-19-15-16-20-24-28-32(33)35-29-25-21-17-13-11-9-7-5-2;1-8-4-2-7(6-9)3-5-8/h31H,4-30H2,1-3H3;6-7H,2-5H2,1H3. The Morgan fingerprint density at radius 2 is 1.11 bits per heavy atom. The van der Waals surface area contributed by atoms with Crippen LogP contribution in [-0.4, -0.2) is 57.6 Å². The number of ether oxygens (including phenoxy) is 2. The summed E-state index contributed by atoms with van der Waals surface area (Å²) in [6, 6.07) is 0. The van der Waals surface area contributed by atoms with E-state index in [1.807, 2.05) is 7.11 Å². The van der Waals surface area contributed by atoms with Gasteiger partial charge in [-0.25, -0.2) is 0 Å². The van der Waals surface area contributed by atoms with E-state index in [1.165, 1.54) is 135 Å². The van der Waals surface area contributed by atoms with Crippen molar-refractivity contribution < 1.29 is 19.1 Å². The maximum atomic E-state index is 11.9. The third kappa shape index (κ3) is 31.1. The zero-order valence-electron chi connectivity index (χ0n) is 30.2. The zero-order chi connectivity index (χ0) is 32.4. The number of piperidine rings is 1. The van der Waals surface area contributed by atoms with Crippen LogP contribution in [0.2, 0.25) is 0 Å². The molecule has 1 fully saturated rings. The van der Waals surface area contributed by atoms with Crippen molar-refractivity contribution in [3.05, 3.63) is 0 Å². The highest BCUT2D eigenvalue weighted by Gasteiger charge is 2.14. The van der Waals surface area contributed by atoms with Crippen molar-refractivity contribution in [1.82, 2.24) is 4.90 Å². The van der Waals surface area contributed by atoms with Crippen molar-refractivity contribution in [2.24, 2.45) is 11.8 Å². The van der Waals surface area contributed by atoms with Gasteiger partial charge in [0.05, 0.1) is 6.61 Å². The number of carbonyl (C=O) groups excluding carboxylic acids is 2. The first kappa shape index (κ1) is 43.1. The maximum Gasteiger partial charge on any atom is 0.305 e. The predicted molar refractivity (Wildman–Crippen MR) is 189 cm³/mol. The summed E-state index contributed by atoms with van der Waals surface area (Å²) in [7, 11) is 3.95. The summed E-state index contributed by atoms with van der Waals surface area (Å²) in [4.78, 5) is 24.4. The molecule has 0 spiro atoms. The van der Waals surface area contributed by atoms with E-state index in [1.54, 1.807) is 0 Å². The summed E-state index contributed by atoms with van der Waals surface area (Å²) in [5.41, 5.74) is 0. The minimum absolute atomic E-state index is 0.0105. The fourth-order valence-electron chi connectivity index (χ4n) is 6.18. The molecule has 0 saturated carbocycles. The van der Waals surface area contributed by atoms with Gasteiger partial charge in [-0.3, -0.25) is 4.79 Å². The van der Waals surface area contributed by atoms with E-state index in [9.17, 15) is 9.59 Å². The van der Waals surface area contributed by atoms with Gasteiger partial charge in [0.15, 0.2) is 0 Å². The molecule has 1 atom stereocenters. The first-order chi connectivity index (χ1) is 21.6. The lowest BCUT2D eigenvalue weighted by molar-refractivity contribution is -0.143. The molecule has 262 valence electrons. The van der Waals surface area contributed by atoms with Gasteiger partial charge in [0.1, 0.15) is 6.29 Å². The molecule has 0 amide bonds. The normalized spacial score (nSPS) is 14.6. The van der Waals surface area contributed by atoms with Crippen LogP contribution in [0.25, 0.3) is 0 Å². The first-order valence-electron chi connectivity index (χ1n) is 19.4. The van der Waals surface area contributed by atoms with Gasteiger partial charge in [-0.15, -0.1) is 0 Å². The largest absolute Gasteiger partial charge is 0.466 e. The van der Waals surface area contributed by atoms with E-state index in [-0.39, 0.29) is 5.97 Å². The lowest BCUT2D eigenvalue weighted by atomic mass is 9.94. The Balaban J connectivity index is 0.00000174. The Bertz CT molecular complexity index is 591. The van der Waals surface area contributed by atoms with Crippen molar-refractivity contribution in [3.63, 3.8) is 0 Å². The topological polar surface area (TPSA) is 55.8 Å². The number of carbonyl (C=O) groups is 2. The maximum absolute atomic E-state index is 11.9. The van der Waals surface area contributed by atoms with Crippen LogP contribution < -0.4 is 0 Å². The number of methoxy groups -OCH3 is 1. The highest BCUT2D eigenvalue weighted by Crippen LogP contribution is 2.20. The fraction of sp³-hybridized carbons (Fsp3) is 0.949. The molecule has 5 heteroatoms. The molecule has 1 rings (SSSR count). The van der Waals surface area contributed by atoms with Gasteiger partial charge in [0, 0.05) is 26.1 Å². The van der Waals surface area contributed by atoms with Crippen molar-refractivity contribution >= 4 is 12.3 Å². The minimum atomic E-state index is 0.0105. The Hall–Kier alpha value is -0.940. The highest BCUT2D eigenvalue weighted by molar-refractivity contribution is 5.69. The molecule has 1 aliphatic heterocycles. The second-order valence-corrected chi connectivity index (χ2v) is 13.7. The zero-order valence-corrected chi connectivity index (χ0v) is 30.2. The van der Waals surface area contributed by atoms with Gasteiger partial charge in [-0.05, 0) is 64.6 Å². The van der Waals surface area contributed by atoms with Crippen molar-refractivity contribution in [2.75, 3.05) is 40.5 Å². The number of hydrogen-bond donors (Lipinski definition) is 0. The molecule has 5 nitrogen and oxygen atoms in total. The predicted octanol–water partition coefficient (Wildman–Crippen LogP) is 11.1. The molecule has 0 N–H and O–H groups in total. The fourth-order valence-corrected chi connectivity index (χ4v) is 6.18. The van der Waals surface area contributed by atoms with Crippen molar-refractivity contribution in [2.45, 2.75) is 187 Å². The molecule has 0 bridgehead atoms. The molecule has 1 saturated heterocycles. The summed E-state index contributed by atoms with van der Waals surface area (Å²) in [5, 5.41) is 0. The van der Waals surface area contributed by atoms with Gasteiger partial charge < -0.3 is 19.2 Å². The SMILES string of the molecule is CCCCCCCCCCOC(=O)CCCCCCCCC(CCCCCCCCCC)COC.CN1CCC(C=O)CC1. The molecule has 0 aromatic rings. The summed E-state index contributed by atoms with van der Waals surface area (Å²) in [6.45, 7) is 8.27. The second kappa shape index (κ2) is 34.9. The number of nitrogens with zero attached hydrogens (tertiary/aromatic N) is 1. The van der Waals surface area contributed by atoms with E-state index >= 15 is 0 Å². The van der Waals surface area contributed by atoms with E-state index in [4.69, 9.17) is 9.47 Å². The molecule has 1 aliphatic rings. The summed E-state index contributed by atoms with van der Waals surface area (Å²) in [6.07, 6.45) is 35.3. The second-order valence-electron chi connectivity index (χ2n) is 13.7. The van der Waals surface area contributed by atoms with Crippen LogP contribution in [0.3, 0.4) is 0 Å². The summed E-state index contributed by atoms with van der Waals surface area (Å²) in [5.74, 6) is 1.11. The summed E-state index contributed by atoms with van der Waals surface area (Å²) < 4.78 is 10.9. The Morgan fingerprint density at radius 3 is 1.57 bits per heavy atom. The average molecular weight is 624 g/mol. The molecule has 0 radical (unpaired) electrons. The minimum Gasteiger partial charge on any atom is -0.466 e. The van der Waals surface area contributed by atoms with E-state index in [0.717, 1.165) is 64.0 Å². The smallest absolute Gasteiger partial charge is 0.305 e. The number of rotatable bonds is 30. The highest BCUT2D eigenvalue weighted by atomic mass is 16.5. The van der Waals surface area contributed by atoms with Crippen LogP contribution in [0.1, 0.15) is 187 Å². The van der Waals surface area contributed by atoms with Gasteiger partial charge in [0.2, 0.25) is 0 Å². The third-order valence-corrected chi connectivity index (χ3v) is 9.33. The van der Waals surface area contributed by atoms with Gasteiger partial charge in [-0.2, -0.15) is 0 Å². The van der Waals surface area contributed by atoms with Crippen LogP contribution in [0.15, 0.2) is 0 Å². The van der Waals surface area contributed by atoms with Crippen LogP contribution in [-0.2, 0) is 19.1 Å². The van der Waals surface area contributed by atoms with Crippen LogP contribution in [0.4, 0.5) is 0 Å². The lowest BCUT2D eigenvalue weighted by Crippen LogP contribution is -2.30. The van der Waals surface area contributed by atoms with Gasteiger partial charge in [-0.1, -0.05) is 142 Å². The molecular formula is C39H77NO4. The van der Waals surface area contributed by atoms with Crippen LogP contribution in [0.5, 0.6) is 0 Å². The van der Waals surface area contributed by atoms with Crippen molar-refractivity contribution in [3.8, 4) is 0 Å². The first-order valence-corrected chi connectivity index (χ1v) is 19.4. The quantitative estimate of drug-likeness (QED) is 0.0452. The molecule has 1 unspecified atom stereocenters. The van der Waals surface area contributed by atoms with Crippen molar-refractivity contribution in [1.29, 1.82) is 0 Å². The third-order valence-electron chi connectivity index (χ3n) is 9.33. The summed E-state index contributed by atoms with van der Waals surface area (Å²) >= 11 is 0. The van der Waals surface area contributed by atoms with Crippen LogP contribution >= 0.6 is 0 Å². The molecule has 0 aliphatic carbocycles. The number of aldehydes is 1.